The molecule has 0 aliphatic heterocycles. The molecule has 47 heavy (non-hydrogen) atoms. The number of hydrogen-bond acceptors (Lipinski definition) is 8. The van der Waals surface area contributed by atoms with E-state index in [0.717, 1.165) is 38.5 Å². The van der Waals surface area contributed by atoms with Crippen molar-refractivity contribution >= 4 is 17.7 Å². The fourth-order valence-corrected chi connectivity index (χ4v) is 6.07. The van der Waals surface area contributed by atoms with E-state index in [2.05, 4.69) is 13.8 Å². The lowest BCUT2D eigenvalue weighted by Crippen LogP contribution is -2.25. The fraction of sp³-hybridized carbons (Fsp3) is 0.821. The number of aliphatic hydroxyl groups is 3. The quantitative estimate of drug-likeness (QED) is 0.0399. The summed E-state index contributed by atoms with van der Waals surface area (Å²) < 4.78 is 10.3. The topological polar surface area (TPSA) is 130 Å². The Morgan fingerprint density at radius 3 is 1.83 bits per heavy atom. The molecule has 3 N–H and O–H groups in total. The van der Waals surface area contributed by atoms with Gasteiger partial charge in [-0.25, -0.2) is 0 Å². The number of rotatable bonds is 30. The summed E-state index contributed by atoms with van der Waals surface area (Å²) in [7, 11) is 0. The second-order valence-electron chi connectivity index (χ2n) is 13.5. The summed E-state index contributed by atoms with van der Waals surface area (Å²) in [4.78, 5) is 36.4. The third kappa shape index (κ3) is 23.0. The van der Waals surface area contributed by atoms with Crippen LogP contribution in [0.1, 0.15) is 162 Å². The molecule has 8 heteroatoms. The van der Waals surface area contributed by atoms with Crippen LogP contribution in [-0.4, -0.2) is 64.6 Å². The Balaban J connectivity index is 2.07. The van der Waals surface area contributed by atoms with Crippen LogP contribution in [0.15, 0.2) is 24.3 Å². The smallest absolute Gasteiger partial charge is 0.305 e. The van der Waals surface area contributed by atoms with Crippen LogP contribution in [0.2, 0.25) is 0 Å². The molecule has 1 rings (SSSR count). The van der Waals surface area contributed by atoms with Gasteiger partial charge in [0.05, 0.1) is 12.2 Å². The number of Topliss-reactive ketones (excluding diaryl/α,β-unsaturated/α-hetero) is 1. The molecule has 0 aromatic carbocycles. The zero-order valence-electron chi connectivity index (χ0n) is 29.8. The third-order valence-electron chi connectivity index (χ3n) is 9.06. The van der Waals surface area contributed by atoms with Crippen LogP contribution in [0.3, 0.4) is 0 Å². The molecule has 1 fully saturated rings. The lowest BCUT2D eigenvalue weighted by Gasteiger charge is -2.16. The van der Waals surface area contributed by atoms with Crippen LogP contribution < -0.4 is 0 Å². The van der Waals surface area contributed by atoms with Crippen LogP contribution in [0.4, 0.5) is 0 Å². The van der Waals surface area contributed by atoms with Gasteiger partial charge in [-0.3, -0.25) is 14.4 Å². The van der Waals surface area contributed by atoms with Gasteiger partial charge in [0.1, 0.15) is 25.1 Å². The predicted octanol–water partition coefficient (Wildman–Crippen LogP) is 8.10. The van der Waals surface area contributed by atoms with Crippen molar-refractivity contribution in [3.63, 3.8) is 0 Å². The van der Waals surface area contributed by atoms with Crippen LogP contribution >= 0.6 is 0 Å². The molecule has 0 aromatic rings. The Bertz CT molecular complexity index is 869. The van der Waals surface area contributed by atoms with Gasteiger partial charge in [0, 0.05) is 31.1 Å². The predicted molar refractivity (Wildman–Crippen MR) is 188 cm³/mol. The molecule has 0 radical (unpaired) electrons. The van der Waals surface area contributed by atoms with Crippen molar-refractivity contribution in [1.29, 1.82) is 0 Å². The first kappa shape index (κ1) is 43.0. The van der Waals surface area contributed by atoms with Crippen molar-refractivity contribution in [1.82, 2.24) is 0 Å². The standard InChI is InChI=1S/C39H68O8/c1-3-5-7-8-9-10-11-12-13-14-15-16-21-25-38(44)46-30-33(41)31-47-39(45)26-22-18-17-20-24-34-35(37(43)29-36(34)42)28-27-32(40)23-19-6-4-2/h17,20,27-28,32-35,37,40-41,43H,3-16,18-19,21-26,29-31H2,1-2H3/b20-17-,28-27+/t32-,33+,34+,35+,37+/m0/s1. The van der Waals surface area contributed by atoms with Crippen molar-refractivity contribution in [3.05, 3.63) is 24.3 Å². The first-order valence-corrected chi connectivity index (χ1v) is 19.0. The number of esters is 2. The molecule has 1 saturated carbocycles. The van der Waals surface area contributed by atoms with Gasteiger partial charge in [0.2, 0.25) is 0 Å². The summed E-state index contributed by atoms with van der Waals surface area (Å²) in [6.45, 7) is 3.96. The van der Waals surface area contributed by atoms with E-state index >= 15 is 0 Å². The van der Waals surface area contributed by atoms with E-state index in [-0.39, 0.29) is 49.6 Å². The Hall–Kier alpha value is -2.03. The van der Waals surface area contributed by atoms with Crippen LogP contribution in [0.5, 0.6) is 0 Å². The molecule has 0 heterocycles. The molecule has 1 aliphatic carbocycles. The Kier molecular flexibility index (Phi) is 26.5. The minimum absolute atomic E-state index is 0.0321. The van der Waals surface area contributed by atoms with Crippen molar-refractivity contribution in [2.75, 3.05) is 13.2 Å². The molecule has 0 spiro atoms. The maximum absolute atomic E-state index is 12.4. The highest BCUT2D eigenvalue weighted by molar-refractivity contribution is 5.84. The lowest BCUT2D eigenvalue weighted by molar-refractivity contribution is -0.152. The van der Waals surface area contributed by atoms with Crippen molar-refractivity contribution in [3.8, 4) is 0 Å². The zero-order chi connectivity index (χ0) is 34.5. The third-order valence-corrected chi connectivity index (χ3v) is 9.06. The molecule has 0 unspecified atom stereocenters. The van der Waals surface area contributed by atoms with E-state index in [1.807, 2.05) is 12.2 Å². The van der Waals surface area contributed by atoms with E-state index in [9.17, 15) is 29.7 Å². The first-order chi connectivity index (χ1) is 22.8. The summed E-state index contributed by atoms with van der Waals surface area (Å²) in [6, 6.07) is 0. The Labute approximate surface area is 285 Å². The van der Waals surface area contributed by atoms with Gasteiger partial charge in [-0.2, -0.15) is 0 Å². The fourth-order valence-electron chi connectivity index (χ4n) is 6.07. The number of ether oxygens (including phenoxy) is 2. The lowest BCUT2D eigenvalue weighted by atomic mass is 9.90. The summed E-state index contributed by atoms with van der Waals surface area (Å²) >= 11 is 0. The van der Waals surface area contributed by atoms with E-state index in [0.29, 0.717) is 32.1 Å². The molecule has 5 atom stereocenters. The summed E-state index contributed by atoms with van der Waals surface area (Å²) in [5.74, 6) is -1.33. The number of ketones is 1. The molecule has 0 saturated heterocycles. The van der Waals surface area contributed by atoms with Gasteiger partial charge in [-0.1, -0.05) is 134 Å². The van der Waals surface area contributed by atoms with E-state index in [4.69, 9.17) is 9.47 Å². The van der Waals surface area contributed by atoms with Gasteiger partial charge in [0.15, 0.2) is 0 Å². The van der Waals surface area contributed by atoms with E-state index < -0.39 is 24.3 Å². The van der Waals surface area contributed by atoms with Gasteiger partial charge in [-0.05, 0) is 32.1 Å². The van der Waals surface area contributed by atoms with Crippen LogP contribution in [0.25, 0.3) is 0 Å². The zero-order valence-corrected chi connectivity index (χ0v) is 29.8. The van der Waals surface area contributed by atoms with Gasteiger partial charge >= 0.3 is 11.9 Å². The average Bonchev–Trinajstić information content (AvgIpc) is 3.32. The molecule has 8 nitrogen and oxygen atoms in total. The highest BCUT2D eigenvalue weighted by Crippen LogP contribution is 2.33. The number of carbonyl (C=O) groups is 3. The van der Waals surface area contributed by atoms with E-state index in [1.54, 1.807) is 12.2 Å². The van der Waals surface area contributed by atoms with Gasteiger partial charge in [0.25, 0.3) is 0 Å². The average molecular weight is 665 g/mol. The molecule has 1 aliphatic rings. The first-order valence-electron chi connectivity index (χ1n) is 19.0. The van der Waals surface area contributed by atoms with Crippen LogP contribution in [-0.2, 0) is 23.9 Å². The minimum Gasteiger partial charge on any atom is -0.463 e. The largest absolute Gasteiger partial charge is 0.463 e. The number of aliphatic hydroxyl groups excluding tert-OH is 3. The SMILES string of the molecule is CCCCCCCCCCCCCCCC(=O)OC[C@@H](O)COC(=O)CCC/C=C\C[C@H]1C(=O)C[C@@H](O)[C@@H]1/C=C/[C@@H](O)CCCCC. The minimum atomic E-state index is -1.05. The van der Waals surface area contributed by atoms with Gasteiger partial charge in [-0.15, -0.1) is 0 Å². The monoisotopic (exact) mass is 664 g/mol. The number of hydrogen-bond donors (Lipinski definition) is 3. The molecular formula is C39H68O8. The Morgan fingerprint density at radius 2 is 1.26 bits per heavy atom. The molecule has 272 valence electrons. The number of carbonyl (C=O) groups excluding carboxylic acids is 3. The summed E-state index contributed by atoms with van der Waals surface area (Å²) in [6.07, 6.45) is 27.3. The Morgan fingerprint density at radius 1 is 0.745 bits per heavy atom. The van der Waals surface area contributed by atoms with Crippen LogP contribution in [0, 0.1) is 11.8 Å². The maximum Gasteiger partial charge on any atom is 0.305 e. The second kappa shape index (κ2) is 28.9. The maximum atomic E-state index is 12.4. The van der Waals surface area contributed by atoms with Crippen molar-refractivity contribution in [2.45, 2.75) is 180 Å². The molecule has 0 bridgehead atoms. The highest BCUT2D eigenvalue weighted by Gasteiger charge is 2.39. The van der Waals surface area contributed by atoms with Crippen molar-refractivity contribution < 1.29 is 39.2 Å². The molecule has 0 amide bonds. The number of unbranched alkanes of at least 4 members (excludes halogenated alkanes) is 15. The normalized spacial score (nSPS) is 19.5. The second-order valence-corrected chi connectivity index (χ2v) is 13.5. The number of allylic oxidation sites excluding steroid dienone is 2. The van der Waals surface area contributed by atoms with Gasteiger partial charge < -0.3 is 24.8 Å². The van der Waals surface area contributed by atoms with E-state index in [1.165, 1.54) is 64.2 Å². The molecule has 0 aromatic heterocycles. The molecular weight excluding hydrogens is 596 g/mol. The van der Waals surface area contributed by atoms with Crippen molar-refractivity contribution in [2.24, 2.45) is 11.8 Å². The highest BCUT2D eigenvalue weighted by atomic mass is 16.6. The summed E-state index contributed by atoms with van der Waals surface area (Å²) in [5, 5.41) is 30.5. The summed E-state index contributed by atoms with van der Waals surface area (Å²) in [5.41, 5.74) is 0.